The summed E-state index contributed by atoms with van der Waals surface area (Å²) in [4.78, 5) is 12.1. The number of anilines is 1. The van der Waals surface area contributed by atoms with E-state index in [2.05, 4.69) is 38.3 Å². The molecule has 0 atom stereocenters. The molecule has 0 spiro atoms. The highest BCUT2D eigenvalue weighted by molar-refractivity contribution is 5.95. The number of amides is 1. The van der Waals surface area contributed by atoms with Crippen LogP contribution >= 0.6 is 0 Å². The minimum Gasteiger partial charge on any atom is -0.388 e. The van der Waals surface area contributed by atoms with Crippen LogP contribution in [0.4, 0.5) is 5.69 Å². The van der Waals surface area contributed by atoms with E-state index in [0.29, 0.717) is 18.0 Å². The second-order valence-electron chi connectivity index (χ2n) is 6.28. The van der Waals surface area contributed by atoms with Gasteiger partial charge in [0.15, 0.2) is 0 Å². The van der Waals surface area contributed by atoms with E-state index in [4.69, 9.17) is 0 Å². The molecule has 0 bridgehead atoms. The van der Waals surface area contributed by atoms with Crippen LogP contribution in [0.2, 0.25) is 0 Å². The maximum absolute atomic E-state index is 12.1. The summed E-state index contributed by atoms with van der Waals surface area (Å²) in [5, 5.41) is 6.07. The van der Waals surface area contributed by atoms with E-state index in [-0.39, 0.29) is 11.3 Å². The van der Waals surface area contributed by atoms with Crippen molar-refractivity contribution < 1.29 is 4.79 Å². The molecule has 2 N–H and O–H groups in total. The van der Waals surface area contributed by atoms with Crippen LogP contribution in [0.3, 0.4) is 0 Å². The van der Waals surface area contributed by atoms with Crippen molar-refractivity contribution in [3.05, 3.63) is 29.8 Å². The molecule has 0 heterocycles. The van der Waals surface area contributed by atoms with Crippen molar-refractivity contribution in [3.8, 4) is 0 Å². The normalized spacial score (nSPS) is 11.5. The summed E-state index contributed by atoms with van der Waals surface area (Å²) in [5.41, 5.74) is 1.78. The first-order valence-corrected chi connectivity index (χ1v) is 6.90. The summed E-state index contributed by atoms with van der Waals surface area (Å²) < 4.78 is 0. The van der Waals surface area contributed by atoms with Gasteiger partial charge in [0.05, 0.1) is 0 Å². The first-order chi connectivity index (χ1) is 8.84. The monoisotopic (exact) mass is 262 g/mol. The van der Waals surface area contributed by atoms with Crippen LogP contribution < -0.4 is 10.6 Å². The third kappa shape index (κ3) is 5.33. The van der Waals surface area contributed by atoms with Gasteiger partial charge in [0.1, 0.15) is 0 Å². The van der Waals surface area contributed by atoms with E-state index in [1.807, 2.05) is 31.3 Å². The van der Waals surface area contributed by atoms with Gasteiger partial charge in [0, 0.05) is 24.8 Å². The fraction of sp³-hybridized carbons (Fsp3) is 0.562. The zero-order valence-corrected chi connectivity index (χ0v) is 12.7. The van der Waals surface area contributed by atoms with Gasteiger partial charge in [0.2, 0.25) is 0 Å². The molecule has 0 saturated carbocycles. The molecule has 19 heavy (non-hydrogen) atoms. The molecule has 0 fully saturated rings. The molecule has 1 aromatic rings. The predicted octanol–water partition coefficient (Wildman–Crippen LogP) is 3.53. The smallest absolute Gasteiger partial charge is 0.251 e. The number of benzene rings is 1. The van der Waals surface area contributed by atoms with Crippen molar-refractivity contribution in [2.45, 2.75) is 34.1 Å². The molecule has 0 aliphatic heterocycles. The molecule has 0 radical (unpaired) electrons. The Labute approximate surface area is 116 Å². The highest BCUT2D eigenvalue weighted by Crippen LogP contribution is 2.24. The summed E-state index contributed by atoms with van der Waals surface area (Å²) in [5.74, 6) is 0.633. The van der Waals surface area contributed by atoms with Gasteiger partial charge in [-0.1, -0.05) is 33.8 Å². The Hall–Kier alpha value is -1.51. The van der Waals surface area contributed by atoms with E-state index in [9.17, 15) is 4.79 Å². The molecule has 1 amide bonds. The average Bonchev–Trinajstić information content (AvgIpc) is 2.34. The van der Waals surface area contributed by atoms with Crippen LogP contribution in [0.5, 0.6) is 0 Å². The predicted molar refractivity (Wildman–Crippen MR) is 81.6 cm³/mol. The number of nitrogens with one attached hydrogen (secondary N) is 2. The fourth-order valence-electron chi connectivity index (χ4n) is 2.41. The zero-order chi connectivity index (χ0) is 14.5. The van der Waals surface area contributed by atoms with Crippen LogP contribution in [-0.2, 0) is 0 Å². The highest BCUT2D eigenvalue weighted by Gasteiger charge is 2.20. The van der Waals surface area contributed by atoms with Gasteiger partial charge in [-0.05, 0) is 36.0 Å². The number of hydrogen-bond acceptors (Lipinski definition) is 2. The van der Waals surface area contributed by atoms with Gasteiger partial charge >= 0.3 is 0 Å². The minimum atomic E-state index is -0.00562. The Morgan fingerprint density at radius 1 is 1.32 bits per heavy atom. The van der Waals surface area contributed by atoms with Crippen molar-refractivity contribution >= 4 is 11.6 Å². The van der Waals surface area contributed by atoms with E-state index < -0.39 is 0 Å². The number of carbonyl (C=O) groups excluding carboxylic acids is 1. The average molecular weight is 262 g/mol. The lowest BCUT2D eigenvalue weighted by Gasteiger charge is -2.27. The summed E-state index contributed by atoms with van der Waals surface area (Å²) in [6.07, 6.45) is 1.10. The van der Waals surface area contributed by atoms with Crippen molar-refractivity contribution in [3.63, 3.8) is 0 Å². The molecule has 1 aromatic carbocycles. The Morgan fingerprint density at radius 2 is 2.00 bits per heavy atom. The third-order valence-corrected chi connectivity index (χ3v) is 3.10. The van der Waals surface area contributed by atoms with E-state index in [1.165, 1.54) is 0 Å². The van der Waals surface area contributed by atoms with Crippen molar-refractivity contribution in [1.82, 2.24) is 5.32 Å². The lowest BCUT2D eigenvalue weighted by molar-refractivity contribution is 0.0931. The molecule has 0 aliphatic rings. The lowest BCUT2D eigenvalue weighted by Crippen LogP contribution is -2.34. The van der Waals surface area contributed by atoms with E-state index in [0.717, 1.165) is 12.1 Å². The molecule has 1 rings (SSSR count). The topological polar surface area (TPSA) is 41.1 Å². The number of hydrogen-bond donors (Lipinski definition) is 2. The van der Waals surface area contributed by atoms with Gasteiger partial charge in [-0.2, -0.15) is 0 Å². The van der Waals surface area contributed by atoms with Gasteiger partial charge < -0.3 is 10.6 Å². The van der Waals surface area contributed by atoms with Crippen LogP contribution in [0.15, 0.2) is 24.3 Å². The summed E-state index contributed by atoms with van der Waals surface area (Å²) in [7, 11) is 1.85. The largest absolute Gasteiger partial charge is 0.388 e. The first kappa shape index (κ1) is 15.5. The van der Waals surface area contributed by atoms with E-state index in [1.54, 1.807) is 0 Å². The molecule has 0 saturated heterocycles. The Morgan fingerprint density at radius 3 is 2.58 bits per heavy atom. The second-order valence-corrected chi connectivity index (χ2v) is 6.28. The standard InChI is InChI=1S/C16H26N2O/c1-12(2)10-16(3,4)11-18-15(19)13-7-6-8-14(9-13)17-5/h6-9,12,17H,10-11H2,1-5H3,(H,18,19). The third-order valence-electron chi connectivity index (χ3n) is 3.10. The summed E-state index contributed by atoms with van der Waals surface area (Å²) in [6.45, 7) is 9.50. The van der Waals surface area contributed by atoms with Gasteiger partial charge in [0.25, 0.3) is 5.91 Å². The van der Waals surface area contributed by atoms with Crippen molar-refractivity contribution in [1.29, 1.82) is 0 Å². The molecule has 0 aliphatic carbocycles. The highest BCUT2D eigenvalue weighted by atomic mass is 16.1. The first-order valence-electron chi connectivity index (χ1n) is 6.90. The Bertz CT molecular complexity index is 425. The maximum atomic E-state index is 12.1. The quantitative estimate of drug-likeness (QED) is 0.823. The van der Waals surface area contributed by atoms with Crippen LogP contribution in [0.25, 0.3) is 0 Å². The minimum absolute atomic E-state index is 0.00562. The van der Waals surface area contributed by atoms with Crippen LogP contribution in [0.1, 0.15) is 44.5 Å². The molecule has 0 aromatic heterocycles. The van der Waals surface area contributed by atoms with Crippen LogP contribution in [0, 0.1) is 11.3 Å². The van der Waals surface area contributed by atoms with Crippen molar-refractivity contribution in [2.75, 3.05) is 18.9 Å². The molecule has 3 heteroatoms. The maximum Gasteiger partial charge on any atom is 0.251 e. The molecule has 0 unspecified atom stereocenters. The molecular formula is C16H26N2O. The van der Waals surface area contributed by atoms with Crippen molar-refractivity contribution in [2.24, 2.45) is 11.3 Å². The van der Waals surface area contributed by atoms with Gasteiger partial charge in [-0.15, -0.1) is 0 Å². The van der Waals surface area contributed by atoms with E-state index >= 15 is 0 Å². The Kier molecular flexibility index (Phi) is 5.40. The zero-order valence-electron chi connectivity index (χ0n) is 12.7. The molecular weight excluding hydrogens is 236 g/mol. The molecule has 106 valence electrons. The Balaban J connectivity index is 2.60. The number of carbonyl (C=O) groups is 1. The van der Waals surface area contributed by atoms with Gasteiger partial charge in [-0.25, -0.2) is 0 Å². The SMILES string of the molecule is CNc1cccc(C(=O)NCC(C)(C)CC(C)C)c1. The fourth-order valence-corrected chi connectivity index (χ4v) is 2.41. The summed E-state index contributed by atoms with van der Waals surface area (Å²) >= 11 is 0. The second kappa shape index (κ2) is 6.60. The summed E-state index contributed by atoms with van der Waals surface area (Å²) in [6, 6.07) is 7.54. The number of rotatable bonds is 6. The van der Waals surface area contributed by atoms with Gasteiger partial charge in [-0.3, -0.25) is 4.79 Å². The lowest BCUT2D eigenvalue weighted by atomic mass is 9.84. The molecule has 3 nitrogen and oxygen atoms in total. The van der Waals surface area contributed by atoms with Crippen LogP contribution in [-0.4, -0.2) is 19.5 Å².